The fourth-order valence-corrected chi connectivity index (χ4v) is 2.82. The van der Waals surface area contributed by atoms with Crippen molar-refractivity contribution in [1.82, 2.24) is 15.3 Å². The first-order valence-corrected chi connectivity index (χ1v) is 7.80. The van der Waals surface area contributed by atoms with Crippen LogP contribution in [0.5, 0.6) is 5.75 Å². The molecule has 3 N–H and O–H groups in total. The van der Waals surface area contributed by atoms with E-state index in [1.165, 1.54) is 0 Å². The van der Waals surface area contributed by atoms with Gasteiger partial charge in [0.2, 0.25) is 0 Å². The Kier molecular flexibility index (Phi) is 7.08. The van der Waals surface area contributed by atoms with Gasteiger partial charge in [-0.1, -0.05) is 20.8 Å². The molecule has 1 atom stereocenters. The van der Waals surface area contributed by atoms with E-state index >= 15 is 0 Å². The summed E-state index contributed by atoms with van der Waals surface area (Å²) in [5.74, 6) is 6.64. The van der Waals surface area contributed by atoms with Crippen LogP contribution < -0.4 is 16.0 Å². The Bertz CT molecular complexity index is 418. The lowest BCUT2D eigenvalue weighted by atomic mass is 9.88. The minimum Gasteiger partial charge on any atom is -0.492 e. The second kappa shape index (κ2) is 8.32. The normalized spacial score (nSPS) is 13.5. The molecule has 1 rings (SSSR count). The summed E-state index contributed by atoms with van der Waals surface area (Å²) >= 11 is 0. The summed E-state index contributed by atoms with van der Waals surface area (Å²) in [6, 6.07) is 2.01. The largest absolute Gasteiger partial charge is 0.492 e. The molecule has 1 unspecified atom stereocenters. The number of nitrogens with zero attached hydrogens (tertiary/aromatic N) is 2. The first-order valence-electron chi connectivity index (χ1n) is 7.80. The van der Waals surface area contributed by atoms with Gasteiger partial charge >= 0.3 is 0 Å². The molecule has 0 bridgehead atoms. The molecular formula is C16H30N4O. The number of nitrogens with one attached hydrogen (secondary N) is 1. The number of ether oxygens (including phenoxy) is 1. The highest BCUT2D eigenvalue weighted by atomic mass is 16.5. The molecule has 0 aliphatic carbocycles. The standard InChI is InChI=1S/C16H30N4O/c1-6-9-21-14-10-13(11-18-12-14)15(19-17)16(4,5)20(7-2)8-3/h10-12,15,19H,6-9,17H2,1-5H3. The van der Waals surface area contributed by atoms with Crippen LogP contribution in [0.25, 0.3) is 0 Å². The highest BCUT2D eigenvalue weighted by Crippen LogP contribution is 2.31. The Morgan fingerprint density at radius 2 is 1.95 bits per heavy atom. The van der Waals surface area contributed by atoms with Crippen LogP contribution in [0.3, 0.4) is 0 Å². The lowest BCUT2D eigenvalue weighted by Gasteiger charge is -2.43. The van der Waals surface area contributed by atoms with E-state index in [9.17, 15) is 0 Å². The molecule has 1 aromatic rings. The summed E-state index contributed by atoms with van der Waals surface area (Å²) < 4.78 is 5.67. The lowest BCUT2D eigenvalue weighted by Crippen LogP contribution is -2.54. The summed E-state index contributed by atoms with van der Waals surface area (Å²) in [5, 5.41) is 0. The summed E-state index contributed by atoms with van der Waals surface area (Å²) in [6.45, 7) is 13.5. The van der Waals surface area contributed by atoms with Gasteiger partial charge in [0.05, 0.1) is 18.8 Å². The number of hydrogen-bond donors (Lipinski definition) is 2. The third-order valence-corrected chi connectivity index (χ3v) is 3.99. The third-order valence-electron chi connectivity index (χ3n) is 3.99. The highest BCUT2D eigenvalue weighted by molar-refractivity contribution is 5.28. The first kappa shape index (κ1) is 17.9. The monoisotopic (exact) mass is 294 g/mol. The molecule has 120 valence electrons. The number of pyridine rings is 1. The maximum Gasteiger partial charge on any atom is 0.137 e. The number of aromatic nitrogens is 1. The highest BCUT2D eigenvalue weighted by Gasteiger charge is 2.34. The minimum absolute atomic E-state index is 0.0184. The van der Waals surface area contributed by atoms with Crippen molar-refractivity contribution >= 4 is 0 Å². The molecule has 1 aromatic heterocycles. The molecule has 0 saturated carbocycles. The molecule has 1 heterocycles. The average Bonchev–Trinajstić information content (AvgIpc) is 2.47. The van der Waals surface area contributed by atoms with E-state index in [1.807, 2.05) is 12.3 Å². The molecule has 0 spiro atoms. The van der Waals surface area contributed by atoms with E-state index in [0.717, 1.165) is 30.8 Å². The van der Waals surface area contributed by atoms with E-state index in [4.69, 9.17) is 10.6 Å². The summed E-state index contributed by atoms with van der Waals surface area (Å²) in [7, 11) is 0. The predicted molar refractivity (Wildman–Crippen MR) is 87.1 cm³/mol. The van der Waals surface area contributed by atoms with Crippen LogP contribution in [0.4, 0.5) is 0 Å². The average molecular weight is 294 g/mol. The van der Waals surface area contributed by atoms with Crippen LogP contribution in [0, 0.1) is 0 Å². The molecule has 0 aliphatic rings. The van der Waals surface area contributed by atoms with E-state index < -0.39 is 0 Å². The van der Waals surface area contributed by atoms with Crippen LogP contribution in [-0.4, -0.2) is 35.1 Å². The first-order chi connectivity index (χ1) is 10.0. The van der Waals surface area contributed by atoms with Crippen molar-refractivity contribution in [2.45, 2.75) is 52.6 Å². The topological polar surface area (TPSA) is 63.4 Å². The number of hydrogen-bond acceptors (Lipinski definition) is 5. The Labute approximate surface area is 128 Å². The Balaban J connectivity index is 3.03. The molecule has 5 nitrogen and oxygen atoms in total. The van der Waals surface area contributed by atoms with Gasteiger partial charge in [0, 0.05) is 11.7 Å². The van der Waals surface area contributed by atoms with Gasteiger partial charge in [-0.05, 0) is 45.0 Å². The van der Waals surface area contributed by atoms with E-state index in [1.54, 1.807) is 6.20 Å². The zero-order chi connectivity index (χ0) is 15.9. The summed E-state index contributed by atoms with van der Waals surface area (Å²) in [6.07, 6.45) is 4.58. The maximum atomic E-state index is 5.84. The lowest BCUT2D eigenvalue weighted by molar-refractivity contribution is 0.0910. The van der Waals surface area contributed by atoms with Gasteiger partial charge < -0.3 is 4.74 Å². The molecule has 0 aliphatic heterocycles. The second-order valence-electron chi connectivity index (χ2n) is 5.73. The van der Waals surface area contributed by atoms with E-state index in [0.29, 0.717) is 6.61 Å². The molecule has 21 heavy (non-hydrogen) atoms. The van der Waals surface area contributed by atoms with Crippen LogP contribution in [0.15, 0.2) is 18.5 Å². The van der Waals surface area contributed by atoms with Gasteiger partial charge in [-0.3, -0.25) is 21.2 Å². The molecule has 5 heteroatoms. The van der Waals surface area contributed by atoms with Gasteiger partial charge in [-0.15, -0.1) is 0 Å². The number of nitrogens with two attached hydrogens (primary N) is 1. The van der Waals surface area contributed by atoms with Crippen molar-refractivity contribution in [1.29, 1.82) is 0 Å². The molecular weight excluding hydrogens is 264 g/mol. The van der Waals surface area contributed by atoms with Crippen LogP contribution in [0.2, 0.25) is 0 Å². The van der Waals surface area contributed by atoms with Gasteiger partial charge in [-0.25, -0.2) is 0 Å². The smallest absolute Gasteiger partial charge is 0.137 e. The Hall–Kier alpha value is -1.17. The summed E-state index contributed by atoms with van der Waals surface area (Å²) in [5.41, 5.74) is 3.88. The Morgan fingerprint density at radius 3 is 2.48 bits per heavy atom. The second-order valence-corrected chi connectivity index (χ2v) is 5.73. The van der Waals surface area contributed by atoms with Crippen molar-refractivity contribution in [3.8, 4) is 5.75 Å². The molecule has 0 fully saturated rings. The predicted octanol–water partition coefficient (Wildman–Crippen LogP) is 2.50. The quantitative estimate of drug-likeness (QED) is 0.541. The number of rotatable bonds is 9. The van der Waals surface area contributed by atoms with Gasteiger partial charge in [0.15, 0.2) is 0 Å². The Morgan fingerprint density at radius 1 is 1.29 bits per heavy atom. The van der Waals surface area contributed by atoms with Gasteiger partial charge in [0.1, 0.15) is 5.75 Å². The van der Waals surface area contributed by atoms with Crippen LogP contribution in [-0.2, 0) is 0 Å². The SMILES string of the molecule is CCCOc1cncc(C(NN)C(C)(C)N(CC)CC)c1. The van der Waals surface area contributed by atoms with Crippen molar-refractivity contribution in [3.05, 3.63) is 24.0 Å². The molecule has 0 saturated heterocycles. The molecule has 0 amide bonds. The zero-order valence-corrected chi connectivity index (χ0v) is 14.0. The van der Waals surface area contributed by atoms with Gasteiger partial charge in [0.25, 0.3) is 0 Å². The van der Waals surface area contributed by atoms with Crippen molar-refractivity contribution in [2.75, 3.05) is 19.7 Å². The maximum absolute atomic E-state index is 5.84. The van der Waals surface area contributed by atoms with Crippen molar-refractivity contribution in [3.63, 3.8) is 0 Å². The molecule has 0 aromatic carbocycles. The number of hydrazine groups is 1. The van der Waals surface area contributed by atoms with Crippen molar-refractivity contribution in [2.24, 2.45) is 5.84 Å². The summed E-state index contributed by atoms with van der Waals surface area (Å²) in [4.78, 5) is 6.68. The molecule has 0 radical (unpaired) electrons. The minimum atomic E-state index is -0.122. The van der Waals surface area contributed by atoms with Crippen molar-refractivity contribution < 1.29 is 4.74 Å². The fourth-order valence-electron chi connectivity index (χ4n) is 2.82. The fraction of sp³-hybridized carbons (Fsp3) is 0.688. The van der Waals surface area contributed by atoms with Crippen LogP contribution in [0.1, 0.15) is 52.6 Å². The van der Waals surface area contributed by atoms with E-state index in [2.05, 4.69) is 49.9 Å². The van der Waals surface area contributed by atoms with Crippen LogP contribution >= 0.6 is 0 Å². The number of likely N-dealkylation sites (N-methyl/N-ethyl adjacent to an activating group) is 1. The third kappa shape index (κ3) is 4.40. The van der Waals surface area contributed by atoms with Gasteiger partial charge in [-0.2, -0.15) is 0 Å². The van der Waals surface area contributed by atoms with E-state index in [-0.39, 0.29) is 11.6 Å². The zero-order valence-electron chi connectivity index (χ0n) is 14.0.